The molecule has 106 valence electrons. The van der Waals surface area contributed by atoms with Crippen LogP contribution in [0.15, 0.2) is 0 Å². The molecule has 18 heavy (non-hydrogen) atoms. The van der Waals surface area contributed by atoms with Crippen molar-refractivity contribution in [3.05, 3.63) is 0 Å². The van der Waals surface area contributed by atoms with Crippen LogP contribution in [0.4, 0.5) is 0 Å². The topological polar surface area (TPSA) is 29.3 Å². The van der Waals surface area contributed by atoms with E-state index in [0.717, 1.165) is 30.3 Å². The predicted octanol–water partition coefficient (Wildman–Crippen LogP) is 3.26. The van der Waals surface area contributed by atoms with Crippen molar-refractivity contribution in [2.75, 3.05) is 19.6 Å². The van der Waals surface area contributed by atoms with Gasteiger partial charge in [-0.2, -0.15) is 0 Å². The molecule has 1 saturated heterocycles. The van der Waals surface area contributed by atoms with Crippen LogP contribution in [0.5, 0.6) is 0 Å². The highest BCUT2D eigenvalue weighted by atomic mass is 15.2. The Morgan fingerprint density at radius 2 is 1.89 bits per heavy atom. The number of nitrogens with zero attached hydrogens (tertiary/aromatic N) is 1. The Kier molecular flexibility index (Phi) is 5.50. The third-order valence-corrected chi connectivity index (χ3v) is 4.96. The summed E-state index contributed by atoms with van der Waals surface area (Å²) in [5.41, 5.74) is 5.86. The molecule has 1 saturated carbocycles. The van der Waals surface area contributed by atoms with Crippen molar-refractivity contribution in [1.82, 2.24) is 4.90 Å². The summed E-state index contributed by atoms with van der Waals surface area (Å²) in [6.45, 7) is 8.23. The third kappa shape index (κ3) is 3.96. The number of rotatable bonds is 4. The predicted molar refractivity (Wildman–Crippen MR) is 78.6 cm³/mol. The largest absolute Gasteiger partial charge is 0.330 e. The number of hydrogen-bond donors (Lipinski definition) is 1. The Hall–Kier alpha value is -0.0800. The standard InChI is InChI=1S/C16H32N2/c1-13(2)9-14-5-3-7-16(10-14)18-8-4-6-15(11-17)12-18/h13-16H,3-12,17H2,1-2H3. The van der Waals surface area contributed by atoms with Gasteiger partial charge in [0.05, 0.1) is 0 Å². The lowest BCUT2D eigenvalue weighted by molar-refractivity contribution is 0.0800. The molecule has 2 nitrogen and oxygen atoms in total. The average molecular weight is 252 g/mol. The summed E-state index contributed by atoms with van der Waals surface area (Å²) in [7, 11) is 0. The Morgan fingerprint density at radius 3 is 2.61 bits per heavy atom. The lowest BCUT2D eigenvalue weighted by Gasteiger charge is -2.42. The maximum Gasteiger partial charge on any atom is 0.00980 e. The molecular weight excluding hydrogens is 220 g/mol. The van der Waals surface area contributed by atoms with E-state index in [-0.39, 0.29) is 0 Å². The number of nitrogens with two attached hydrogens (primary N) is 1. The second-order valence-corrected chi connectivity index (χ2v) is 7.05. The molecule has 0 aromatic rings. The van der Waals surface area contributed by atoms with Crippen molar-refractivity contribution in [3.63, 3.8) is 0 Å². The fourth-order valence-electron chi connectivity index (χ4n) is 4.10. The molecule has 1 heterocycles. The normalized spacial score (nSPS) is 35.0. The van der Waals surface area contributed by atoms with Crippen molar-refractivity contribution in [3.8, 4) is 0 Å². The minimum atomic E-state index is 0.768. The van der Waals surface area contributed by atoms with Crippen molar-refractivity contribution in [2.24, 2.45) is 23.5 Å². The monoisotopic (exact) mass is 252 g/mol. The highest BCUT2D eigenvalue weighted by Crippen LogP contribution is 2.33. The average Bonchev–Trinajstić information content (AvgIpc) is 2.38. The van der Waals surface area contributed by atoms with Gasteiger partial charge in [-0.1, -0.05) is 26.7 Å². The number of hydrogen-bond acceptors (Lipinski definition) is 2. The maximum absolute atomic E-state index is 5.86. The molecule has 1 aliphatic carbocycles. The Bertz CT molecular complexity index is 239. The van der Waals surface area contributed by atoms with Crippen LogP contribution in [0.3, 0.4) is 0 Å². The van der Waals surface area contributed by atoms with E-state index in [4.69, 9.17) is 5.73 Å². The summed E-state index contributed by atoms with van der Waals surface area (Å²) in [6, 6.07) is 0.872. The van der Waals surface area contributed by atoms with Crippen LogP contribution in [-0.2, 0) is 0 Å². The highest BCUT2D eigenvalue weighted by molar-refractivity contribution is 4.84. The van der Waals surface area contributed by atoms with Gasteiger partial charge in [-0.3, -0.25) is 0 Å². The summed E-state index contributed by atoms with van der Waals surface area (Å²) >= 11 is 0. The zero-order valence-electron chi connectivity index (χ0n) is 12.4. The van der Waals surface area contributed by atoms with E-state index >= 15 is 0 Å². The van der Waals surface area contributed by atoms with E-state index < -0.39 is 0 Å². The summed E-state index contributed by atoms with van der Waals surface area (Å²) in [5.74, 6) is 2.62. The smallest absolute Gasteiger partial charge is 0.00980 e. The van der Waals surface area contributed by atoms with Crippen LogP contribution in [0.1, 0.15) is 58.8 Å². The van der Waals surface area contributed by atoms with Crippen molar-refractivity contribution in [1.29, 1.82) is 0 Å². The molecule has 0 aromatic carbocycles. The van der Waals surface area contributed by atoms with E-state index in [1.54, 1.807) is 0 Å². The van der Waals surface area contributed by atoms with Crippen molar-refractivity contribution < 1.29 is 0 Å². The molecule has 2 aliphatic rings. The van der Waals surface area contributed by atoms with Crippen LogP contribution >= 0.6 is 0 Å². The molecular formula is C16H32N2. The van der Waals surface area contributed by atoms with Gasteiger partial charge in [-0.05, 0) is 62.9 Å². The van der Waals surface area contributed by atoms with Crippen LogP contribution in [0, 0.1) is 17.8 Å². The number of piperidine rings is 1. The lowest BCUT2D eigenvalue weighted by atomic mass is 9.80. The maximum atomic E-state index is 5.86. The molecule has 1 aliphatic heterocycles. The second-order valence-electron chi connectivity index (χ2n) is 7.05. The van der Waals surface area contributed by atoms with Gasteiger partial charge in [-0.15, -0.1) is 0 Å². The fraction of sp³-hybridized carbons (Fsp3) is 1.00. The van der Waals surface area contributed by atoms with Crippen LogP contribution in [-0.4, -0.2) is 30.6 Å². The Morgan fingerprint density at radius 1 is 1.11 bits per heavy atom. The lowest BCUT2D eigenvalue weighted by Crippen LogP contribution is -2.46. The van der Waals surface area contributed by atoms with E-state index in [1.807, 2.05) is 0 Å². The molecule has 3 unspecified atom stereocenters. The zero-order valence-corrected chi connectivity index (χ0v) is 12.4. The molecule has 2 N–H and O–H groups in total. The quantitative estimate of drug-likeness (QED) is 0.832. The van der Waals surface area contributed by atoms with Gasteiger partial charge in [0.25, 0.3) is 0 Å². The third-order valence-electron chi connectivity index (χ3n) is 4.96. The molecule has 0 bridgehead atoms. The Labute approximate surface area is 113 Å². The summed E-state index contributed by atoms with van der Waals surface area (Å²) in [5, 5.41) is 0. The summed E-state index contributed by atoms with van der Waals surface area (Å²) in [6.07, 6.45) is 9.98. The molecule has 0 spiro atoms. The Balaban J connectivity index is 1.84. The van der Waals surface area contributed by atoms with E-state index in [2.05, 4.69) is 18.7 Å². The SMILES string of the molecule is CC(C)CC1CCCC(N2CCCC(CN)C2)C1. The first-order chi connectivity index (χ1) is 8.69. The molecule has 0 amide bonds. The molecule has 0 aromatic heterocycles. The summed E-state index contributed by atoms with van der Waals surface area (Å²) < 4.78 is 0. The first-order valence-corrected chi connectivity index (χ1v) is 8.13. The zero-order chi connectivity index (χ0) is 13.0. The minimum absolute atomic E-state index is 0.768. The van der Waals surface area contributed by atoms with Gasteiger partial charge in [-0.25, -0.2) is 0 Å². The van der Waals surface area contributed by atoms with Gasteiger partial charge in [0.1, 0.15) is 0 Å². The van der Waals surface area contributed by atoms with Gasteiger partial charge < -0.3 is 10.6 Å². The van der Waals surface area contributed by atoms with Crippen LogP contribution in [0.2, 0.25) is 0 Å². The van der Waals surface area contributed by atoms with Gasteiger partial charge >= 0.3 is 0 Å². The van der Waals surface area contributed by atoms with Crippen molar-refractivity contribution in [2.45, 2.75) is 64.8 Å². The van der Waals surface area contributed by atoms with Crippen molar-refractivity contribution >= 4 is 0 Å². The van der Waals surface area contributed by atoms with Gasteiger partial charge in [0, 0.05) is 12.6 Å². The van der Waals surface area contributed by atoms with Crippen LogP contribution < -0.4 is 5.73 Å². The molecule has 3 atom stereocenters. The molecule has 2 fully saturated rings. The van der Waals surface area contributed by atoms with E-state index in [1.165, 1.54) is 58.0 Å². The van der Waals surface area contributed by atoms with Crippen LogP contribution in [0.25, 0.3) is 0 Å². The number of likely N-dealkylation sites (tertiary alicyclic amines) is 1. The molecule has 2 heteroatoms. The molecule has 0 radical (unpaired) electrons. The first-order valence-electron chi connectivity index (χ1n) is 8.13. The minimum Gasteiger partial charge on any atom is -0.330 e. The first kappa shape index (κ1) is 14.3. The molecule has 2 rings (SSSR count). The second kappa shape index (κ2) is 6.91. The van der Waals surface area contributed by atoms with Gasteiger partial charge in [0.2, 0.25) is 0 Å². The summed E-state index contributed by atoms with van der Waals surface area (Å²) in [4.78, 5) is 2.77. The highest BCUT2D eigenvalue weighted by Gasteiger charge is 2.29. The van der Waals surface area contributed by atoms with Gasteiger partial charge in [0.15, 0.2) is 0 Å². The van der Waals surface area contributed by atoms with E-state index in [9.17, 15) is 0 Å². The fourth-order valence-corrected chi connectivity index (χ4v) is 4.10. The van der Waals surface area contributed by atoms with E-state index in [0.29, 0.717) is 0 Å².